The monoisotopic (exact) mass is 487 g/mol. The molecule has 5 aromatic carbocycles. The second-order valence-electron chi connectivity index (χ2n) is 9.01. The molecule has 0 fully saturated rings. The summed E-state index contributed by atoms with van der Waals surface area (Å²) in [6.45, 7) is 0. The van der Waals surface area contributed by atoms with E-state index >= 15 is 0 Å². The maximum absolute atomic E-state index is 14.0. The Labute approximate surface area is 204 Å². The number of para-hydroxylation sites is 2. The zero-order chi connectivity index (χ0) is 24.0. The van der Waals surface area contributed by atoms with Crippen molar-refractivity contribution in [1.82, 2.24) is 3.97 Å². The summed E-state index contributed by atoms with van der Waals surface area (Å²) in [5, 5.41) is 5.58. The number of hydrogen-bond donors (Lipinski definition) is 0. The van der Waals surface area contributed by atoms with E-state index in [1.54, 1.807) is 30.3 Å². The molecule has 3 aromatic heterocycles. The Morgan fingerprint density at radius 3 is 1.47 bits per heavy atom. The van der Waals surface area contributed by atoms with E-state index in [1.165, 1.54) is 3.97 Å². The van der Waals surface area contributed by atoms with Gasteiger partial charge in [-0.3, -0.25) is 0 Å². The predicted octanol–water partition coefficient (Wildman–Crippen LogP) is 7.83. The summed E-state index contributed by atoms with van der Waals surface area (Å²) in [6.07, 6.45) is 0. The van der Waals surface area contributed by atoms with Gasteiger partial charge in [-0.2, -0.15) is 0 Å². The van der Waals surface area contributed by atoms with E-state index in [1.807, 2.05) is 72.8 Å². The van der Waals surface area contributed by atoms with Crippen molar-refractivity contribution >= 4 is 75.7 Å². The van der Waals surface area contributed by atoms with Crippen molar-refractivity contribution in [3.63, 3.8) is 0 Å². The lowest BCUT2D eigenvalue weighted by Crippen LogP contribution is -2.12. The first-order valence-electron chi connectivity index (χ1n) is 11.6. The highest BCUT2D eigenvalue weighted by atomic mass is 32.2. The number of furan rings is 2. The fourth-order valence-corrected chi connectivity index (χ4v) is 6.91. The van der Waals surface area contributed by atoms with Gasteiger partial charge < -0.3 is 8.83 Å². The zero-order valence-corrected chi connectivity index (χ0v) is 19.6. The van der Waals surface area contributed by atoms with E-state index in [4.69, 9.17) is 8.83 Å². The summed E-state index contributed by atoms with van der Waals surface area (Å²) in [4.78, 5) is 0.221. The Balaban J connectivity index is 1.60. The number of nitrogens with zero attached hydrogens (tertiary/aromatic N) is 1. The van der Waals surface area contributed by atoms with Crippen molar-refractivity contribution in [3.05, 3.63) is 103 Å². The molecule has 0 bridgehead atoms. The molecule has 0 N–H and O–H groups in total. The molecule has 8 aromatic rings. The van der Waals surface area contributed by atoms with Gasteiger partial charge in [0, 0.05) is 44.5 Å². The molecule has 0 aliphatic rings. The minimum absolute atomic E-state index is 0.221. The van der Waals surface area contributed by atoms with E-state index in [0.717, 1.165) is 43.5 Å². The van der Waals surface area contributed by atoms with Crippen molar-refractivity contribution < 1.29 is 17.3 Å². The quantitative estimate of drug-likeness (QED) is 0.249. The fourth-order valence-electron chi connectivity index (χ4n) is 5.38. The molecule has 5 nitrogen and oxygen atoms in total. The van der Waals surface area contributed by atoms with Crippen molar-refractivity contribution in [3.8, 4) is 0 Å². The molecule has 0 spiro atoms. The number of aromatic nitrogens is 1. The van der Waals surface area contributed by atoms with Crippen LogP contribution in [0.2, 0.25) is 0 Å². The van der Waals surface area contributed by atoms with Crippen LogP contribution in [0.15, 0.2) is 117 Å². The van der Waals surface area contributed by atoms with E-state index in [-0.39, 0.29) is 4.90 Å². The molecule has 0 aliphatic carbocycles. The van der Waals surface area contributed by atoms with E-state index in [9.17, 15) is 8.42 Å². The van der Waals surface area contributed by atoms with Crippen LogP contribution in [-0.2, 0) is 10.0 Å². The van der Waals surface area contributed by atoms with Crippen LogP contribution in [0.5, 0.6) is 0 Å². The predicted molar refractivity (Wildman–Crippen MR) is 143 cm³/mol. The largest absolute Gasteiger partial charge is 0.456 e. The van der Waals surface area contributed by atoms with Crippen LogP contribution >= 0.6 is 0 Å². The van der Waals surface area contributed by atoms with Gasteiger partial charge in [0.2, 0.25) is 0 Å². The Morgan fingerprint density at radius 1 is 0.472 bits per heavy atom. The minimum atomic E-state index is -3.91. The zero-order valence-electron chi connectivity index (χ0n) is 18.8. The van der Waals surface area contributed by atoms with Crippen molar-refractivity contribution in [2.24, 2.45) is 0 Å². The number of rotatable bonds is 2. The highest BCUT2D eigenvalue weighted by Gasteiger charge is 2.25. The van der Waals surface area contributed by atoms with Gasteiger partial charge in [0.25, 0.3) is 10.0 Å². The second kappa shape index (κ2) is 6.77. The topological polar surface area (TPSA) is 65.3 Å². The summed E-state index contributed by atoms with van der Waals surface area (Å²) in [6, 6.07) is 32.0. The Bertz CT molecular complexity index is 2140. The Morgan fingerprint density at radius 2 is 0.944 bits per heavy atom. The molecule has 0 radical (unpaired) electrons. The van der Waals surface area contributed by atoms with Gasteiger partial charge in [-0.15, -0.1) is 0 Å². The maximum atomic E-state index is 14.0. The lowest BCUT2D eigenvalue weighted by Gasteiger charge is -2.09. The van der Waals surface area contributed by atoms with Crippen LogP contribution in [0, 0.1) is 0 Å². The van der Waals surface area contributed by atoms with Gasteiger partial charge in [-0.05, 0) is 36.4 Å². The summed E-state index contributed by atoms with van der Waals surface area (Å²) < 4.78 is 41.8. The molecule has 0 atom stereocenters. The number of benzene rings is 5. The first-order chi connectivity index (χ1) is 17.6. The molecule has 0 aliphatic heterocycles. The smallest absolute Gasteiger partial charge is 0.268 e. The summed E-state index contributed by atoms with van der Waals surface area (Å²) in [5.41, 5.74) is 3.96. The molecule has 8 rings (SSSR count). The van der Waals surface area contributed by atoms with Crippen molar-refractivity contribution in [1.29, 1.82) is 0 Å². The minimum Gasteiger partial charge on any atom is -0.456 e. The lowest BCUT2D eigenvalue weighted by atomic mass is 10.1. The molecular formula is C30H17NO4S. The summed E-state index contributed by atoms with van der Waals surface area (Å²) in [5.74, 6) is 0. The molecule has 36 heavy (non-hydrogen) atoms. The van der Waals surface area contributed by atoms with Gasteiger partial charge in [0.15, 0.2) is 0 Å². The average Bonchev–Trinajstić information content (AvgIpc) is 3.55. The van der Waals surface area contributed by atoms with Crippen LogP contribution in [0.25, 0.3) is 65.7 Å². The number of hydrogen-bond acceptors (Lipinski definition) is 4. The summed E-state index contributed by atoms with van der Waals surface area (Å²) >= 11 is 0. The van der Waals surface area contributed by atoms with Crippen LogP contribution in [0.3, 0.4) is 0 Å². The van der Waals surface area contributed by atoms with Gasteiger partial charge in [-0.1, -0.05) is 54.6 Å². The Kier molecular flexibility index (Phi) is 3.71. The summed E-state index contributed by atoms with van der Waals surface area (Å²) in [7, 11) is -3.91. The van der Waals surface area contributed by atoms with E-state index < -0.39 is 10.0 Å². The molecular weight excluding hydrogens is 470 g/mol. The highest BCUT2D eigenvalue weighted by Crippen LogP contribution is 2.41. The third kappa shape index (κ3) is 2.51. The standard InChI is InChI=1S/C30H17NO4S/c32-36(33,18-8-2-1-3-9-18)31-25-16-29-23(19-10-4-6-12-27(19)34-29)14-21(25)22-15-24-20-11-5-7-13-28(20)35-30(24)17-26(22)31/h1-17H. The van der Waals surface area contributed by atoms with Crippen molar-refractivity contribution in [2.45, 2.75) is 4.90 Å². The van der Waals surface area contributed by atoms with Crippen LogP contribution < -0.4 is 0 Å². The van der Waals surface area contributed by atoms with Crippen molar-refractivity contribution in [2.75, 3.05) is 0 Å². The second-order valence-corrected chi connectivity index (χ2v) is 10.8. The first-order valence-corrected chi connectivity index (χ1v) is 13.0. The lowest BCUT2D eigenvalue weighted by molar-refractivity contribution is 0.590. The normalized spacial score (nSPS) is 12.7. The van der Waals surface area contributed by atoms with Crippen LogP contribution in [0.4, 0.5) is 0 Å². The highest BCUT2D eigenvalue weighted by molar-refractivity contribution is 7.90. The average molecular weight is 488 g/mol. The maximum Gasteiger partial charge on any atom is 0.268 e. The van der Waals surface area contributed by atoms with Crippen LogP contribution in [0.1, 0.15) is 0 Å². The molecule has 172 valence electrons. The van der Waals surface area contributed by atoms with Gasteiger partial charge in [-0.25, -0.2) is 12.4 Å². The molecule has 0 amide bonds. The molecule has 6 heteroatoms. The molecule has 0 saturated carbocycles. The third-order valence-corrected chi connectivity index (χ3v) is 8.74. The van der Waals surface area contributed by atoms with Crippen LogP contribution in [-0.4, -0.2) is 12.4 Å². The molecule has 0 unspecified atom stereocenters. The Hall–Kier alpha value is -4.55. The van der Waals surface area contributed by atoms with Gasteiger partial charge >= 0.3 is 0 Å². The fraction of sp³-hybridized carbons (Fsp3) is 0. The first kappa shape index (κ1) is 19.7. The number of fused-ring (bicyclic) bond motifs is 9. The van der Waals surface area contributed by atoms with Gasteiger partial charge in [0.05, 0.1) is 15.9 Å². The molecule has 3 heterocycles. The van der Waals surface area contributed by atoms with Gasteiger partial charge in [0.1, 0.15) is 22.3 Å². The third-order valence-electron chi connectivity index (χ3n) is 7.00. The molecule has 0 saturated heterocycles. The van der Waals surface area contributed by atoms with E-state index in [2.05, 4.69) is 0 Å². The SMILES string of the molecule is O=S(=O)(c1ccccc1)n1c2cc3oc4ccccc4c3cc2c2cc3c(cc21)oc1ccccc13. The van der Waals surface area contributed by atoms with E-state index in [0.29, 0.717) is 22.2 Å².